The predicted molar refractivity (Wildman–Crippen MR) is 67.8 cm³/mol. The largest absolute Gasteiger partial charge is 0.292 e. The lowest BCUT2D eigenvalue weighted by atomic mass is 10.1. The summed E-state index contributed by atoms with van der Waals surface area (Å²) in [5, 5.41) is 5.04. The highest BCUT2D eigenvalue weighted by atomic mass is 35.5. The van der Waals surface area contributed by atoms with Crippen LogP contribution in [-0.2, 0) is 6.54 Å². The van der Waals surface area contributed by atoms with E-state index in [1.807, 2.05) is 6.92 Å². The lowest BCUT2D eigenvalue weighted by Gasteiger charge is -2.05. The molecule has 0 aliphatic heterocycles. The molecule has 0 spiro atoms. The van der Waals surface area contributed by atoms with Crippen molar-refractivity contribution in [1.29, 1.82) is 0 Å². The smallest absolute Gasteiger partial charge is 0.185 e. The van der Waals surface area contributed by atoms with E-state index in [-0.39, 0.29) is 12.3 Å². The fourth-order valence-corrected chi connectivity index (χ4v) is 1.87. The Balaban J connectivity index is 2.23. The molecular weight excluding hydrogens is 259 g/mol. The van der Waals surface area contributed by atoms with Crippen molar-refractivity contribution in [2.75, 3.05) is 0 Å². The van der Waals surface area contributed by atoms with Crippen LogP contribution in [0.4, 0.5) is 0 Å². The number of benzene rings is 1. The molecule has 0 saturated carbocycles. The molecule has 88 valence electrons. The number of ketones is 1. The number of hydrogen-bond acceptors (Lipinski definition) is 2. The van der Waals surface area contributed by atoms with E-state index in [2.05, 4.69) is 5.10 Å². The summed E-state index contributed by atoms with van der Waals surface area (Å²) >= 11 is 11.8. The first-order chi connectivity index (χ1) is 8.09. The van der Waals surface area contributed by atoms with E-state index in [0.717, 1.165) is 5.69 Å². The third-order valence-electron chi connectivity index (χ3n) is 2.51. The molecule has 0 aliphatic rings. The van der Waals surface area contributed by atoms with Crippen molar-refractivity contribution in [3.8, 4) is 0 Å². The molecule has 1 heterocycles. The van der Waals surface area contributed by atoms with Gasteiger partial charge in [-0.2, -0.15) is 5.10 Å². The first-order valence-electron chi connectivity index (χ1n) is 5.05. The molecule has 0 unspecified atom stereocenters. The van der Waals surface area contributed by atoms with Gasteiger partial charge in [-0.25, -0.2) is 0 Å². The van der Waals surface area contributed by atoms with Crippen molar-refractivity contribution < 1.29 is 4.79 Å². The molecule has 2 rings (SSSR count). The summed E-state index contributed by atoms with van der Waals surface area (Å²) in [6, 6.07) is 6.96. The molecule has 17 heavy (non-hydrogen) atoms. The van der Waals surface area contributed by atoms with E-state index < -0.39 is 0 Å². The normalized spacial score (nSPS) is 10.5. The minimum atomic E-state index is -0.0848. The van der Waals surface area contributed by atoms with E-state index in [0.29, 0.717) is 15.6 Å². The summed E-state index contributed by atoms with van der Waals surface area (Å²) in [6.45, 7) is 1.96. The lowest BCUT2D eigenvalue weighted by molar-refractivity contribution is 0.0967. The number of aromatic nitrogens is 2. The van der Waals surface area contributed by atoms with Crippen LogP contribution in [0.15, 0.2) is 30.5 Å². The average molecular weight is 269 g/mol. The van der Waals surface area contributed by atoms with E-state index in [4.69, 9.17) is 23.2 Å². The molecule has 0 fully saturated rings. The average Bonchev–Trinajstić information content (AvgIpc) is 2.61. The van der Waals surface area contributed by atoms with Gasteiger partial charge >= 0.3 is 0 Å². The first kappa shape index (κ1) is 12.1. The summed E-state index contributed by atoms with van der Waals surface area (Å²) in [5.41, 5.74) is 1.27. The molecule has 3 nitrogen and oxygen atoms in total. The Hall–Kier alpha value is -1.32. The van der Waals surface area contributed by atoms with Crippen LogP contribution < -0.4 is 0 Å². The van der Waals surface area contributed by atoms with Gasteiger partial charge < -0.3 is 0 Å². The Morgan fingerprint density at radius 1 is 1.29 bits per heavy atom. The monoisotopic (exact) mass is 268 g/mol. The Bertz CT molecular complexity index is 563. The van der Waals surface area contributed by atoms with Gasteiger partial charge in [0.2, 0.25) is 0 Å². The number of rotatable bonds is 3. The van der Waals surface area contributed by atoms with E-state index in [1.54, 1.807) is 28.9 Å². The van der Waals surface area contributed by atoms with Gasteiger partial charge in [-0.1, -0.05) is 35.3 Å². The van der Waals surface area contributed by atoms with Gasteiger partial charge in [-0.05, 0) is 19.1 Å². The molecule has 0 saturated heterocycles. The number of halogens is 2. The van der Waals surface area contributed by atoms with Crippen LogP contribution in [0.1, 0.15) is 16.1 Å². The maximum Gasteiger partial charge on any atom is 0.185 e. The summed E-state index contributed by atoms with van der Waals surface area (Å²) in [4.78, 5) is 12.0. The van der Waals surface area contributed by atoms with E-state index in [9.17, 15) is 4.79 Å². The maximum atomic E-state index is 12.0. The zero-order valence-corrected chi connectivity index (χ0v) is 10.7. The highest BCUT2D eigenvalue weighted by Crippen LogP contribution is 2.18. The van der Waals surface area contributed by atoms with Crippen LogP contribution in [0, 0.1) is 6.92 Å². The zero-order chi connectivity index (χ0) is 12.4. The van der Waals surface area contributed by atoms with Gasteiger partial charge in [0.1, 0.15) is 6.54 Å². The molecule has 2 aromatic rings. The van der Waals surface area contributed by atoms with E-state index in [1.165, 1.54) is 6.20 Å². The second kappa shape index (κ2) is 4.90. The van der Waals surface area contributed by atoms with Crippen molar-refractivity contribution in [1.82, 2.24) is 9.78 Å². The van der Waals surface area contributed by atoms with Gasteiger partial charge in [0.15, 0.2) is 5.78 Å². The number of carbonyl (C=O) groups excluding carboxylic acids is 1. The molecule has 1 aromatic carbocycles. The van der Waals surface area contributed by atoms with E-state index >= 15 is 0 Å². The molecule has 0 aliphatic carbocycles. The zero-order valence-electron chi connectivity index (χ0n) is 9.15. The van der Waals surface area contributed by atoms with Crippen LogP contribution in [0.5, 0.6) is 0 Å². The standard InChI is InChI=1S/C12H10Cl2N2O/c1-8-11(14)6-15-16(8)7-12(17)9-4-2-3-5-10(9)13/h2-6H,7H2,1H3. The van der Waals surface area contributed by atoms with Gasteiger partial charge in [0, 0.05) is 5.56 Å². The van der Waals surface area contributed by atoms with Crippen LogP contribution in [0.25, 0.3) is 0 Å². The minimum absolute atomic E-state index is 0.0848. The Kier molecular flexibility index (Phi) is 3.50. The molecule has 0 N–H and O–H groups in total. The van der Waals surface area contributed by atoms with Crippen molar-refractivity contribution in [2.45, 2.75) is 13.5 Å². The SMILES string of the molecule is Cc1c(Cl)cnn1CC(=O)c1ccccc1Cl. The fourth-order valence-electron chi connectivity index (χ4n) is 1.49. The summed E-state index contributed by atoms with van der Waals surface area (Å²) in [5.74, 6) is -0.0848. The molecule has 0 bridgehead atoms. The number of hydrogen-bond donors (Lipinski definition) is 0. The molecule has 0 atom stereocenters. The molecular formula is C12H10Cl2N2O. The quantitative estimate of drug-likeness (QED) is 0.800. The molecule has 1 aromatic heterocycles. The number of nitrogens with zero attached hydrogens (tertiary/aromatic N) is 2. The molecule has 0 amide bonds. The van der Waals surface area contributed by atoms with Crippen molar-refractivity contribution in [2.24, 2.45) is 0 Å². The van der Waals surface area contributed by atoms with Gasteiger partial charge in [-0.15, -0.1) is 0 Å². The van der Waals surface area contributed by atoms with Crippen molar-refractivity contribution in [3.63, 3.8) is 0 Å². The second-order valence-corrected chi connectivity index (χ2v) is 4.45. The highest BCUT2D eigenvalue weighted by Gasteiger charge is 2.13. The Morgan fingerprint density at radius 2 is 2.00 bits per heavy atom. The topological polar surface area (TPSA) is 34.9 Å². The van der Waals surface area contributed by atoms with Gasteiger partial charge in [0.25, 0.3) is 0 Å². The third kappa shape index (κ3) is 2.51. The summed E-state index contributed by atoms with van der Waals surface area (Å²) < 4.78 is 1.56. The Labute approximate surface area is 109 Å². The van der Waals surface area contributed by atoms with Gasteiger partial charge in [-0.3, -0.25) is 9.48 Å². The molecule has 0 radical (unpaired) electrons. The van der Waals surface area contributed by atoms with Crippen LogP contribution >= 0.6 is 23.2 Å². The van der Waals surface area contributed by atoms with Crippen molar-refractivity contribution >= 4 is 29.0 Å². The summed E-state index contributed by atoms with van der Waals surface area (Å²) in [6.07, 6.45) is 1.52. The predicted octanol–water partition coefficient (Wildman–Crippen LogP) is 3.38. The summed E-state index contributed by atoms with van der Waals surface area (Å²) in [7, 11) is 0. The lowest BCUT2D eigenvalue weighted by Crippen LogP contribution is -2.13. The minimum Gasteiger partial charge on any atom is -0.292 e. The van der Waals surface area contributed by atoms with Crippen LogP contribution in [0.2, 0.25) is 10.0 Å². The second-order valence-electron chi connectivity index (χ2n) is 3.64. The van der Waals surface area contributed by atoms with Crippen molar-refractivity contribution in [3.05, 3.63) is 51.8 Å². The molecule has 5 heteroatoms. The highest BCUT2D eigenvalue weighted by molar-refractivity contribution is 6.34. The van der Waals surface area contributed by atoms with Crippen LogP contribution in [0.3, 0.4) is 0 Å². The first-order valence-corrected chi connectivity index (χ1v) is 5.81. The fraction of sp³-hybridized carbons (Fsp3) is 0.167. The van der Waals surface area contributed by atoms with Gasteiger partial charge in [0.05, 0.1) is 21.9 Å². The number of Topliss-reactive ketones (excluding diaryl/α,β-unsaturated/α-hetero) is 1. The Morgan fingerprint density at radius 3 is 2.59 bits per heavy atom. The van der Waals surface area contributed by atoms with Crippen LogP contribution in [-0.4, -0.2) is 15.6 Å². The maximum absolute atomic E-state index is 12.0. The third-order valence-corrected chi connectivity index (χ3v) is 3.21. The number of carbonyl (C=O) groups is 1.